The summed E-state index contributed by atoms with van der Waals surface area (Å²) < 4.78 is 0. The zero-order valence-electron chi connectivity index (χ0n) is 8.26. The second-order valence-corrected chi connectivity index (χ2v) is 3.68. The van der Waals surface area contributed by atoms with Gasteiger partial charge >= 0.3 is 0 Å². The van der Waals surface area contributed by atoms with Crippen molar-refractivity contribution in [3.63, 3.8) is 0 Å². The van der Waals surface area contributed by atoms with Crippen LogP contribution in [0.15, 0.2) is 24.7 Å². The van der Waals surface area contributed by atoms with Crippen molar-refractivity contribution in [3.05, 3.63) is 40.4 Å². The lowest BCUT2D eigenvalue weighted by Gasteiger charge is -2.02. The summed E-state index contributed by atoms with van der Waals surface area (Å²) in [5.74, 6) is -0.340. The molecule has 0 atom stereocenters. The van der Waals surface area contributed by atoms with E-state index in [1.54, 1.807) is 0 Å². The fourth-order valence-electron chi connectivity index (χ4n) is 1.02. The van der Waals surface area contributed by atoms with Crippen LogP contribution in [0.1, 0.15) is 10.4 Å². The molecule has 2 aromatic heterocycles. The third kappa shape index (κ3) is 2.86. The lowest BCUT2D eigenvalue weighted by atomic mass is 10.3. The lowest BCUT2D eigenvalue weighted by Crippen LogP contribution is -2.14. The highest BCUT2D eigenvalue weighted by Crippen LogP contribution is 2.19. The van der Waals surface area contributed by atoms with E-state index in [0.29, 0.717) is 0 Å². The molecule has 0 radical (unpaired) electrons. The number of amides is 1. The summed E-state index contributed by atoms with van der Waals surface area (Å²) in [4.78, 5) is 19.3. The number of hydrogen-bond donors (Lipinski definition) is 1. The van der Waals surface area contributed by atoms with Gasteiger partial charge in [0.1, 0.15) is 5.15 Å². The van der Waals surface area contributed by atoms with E-state index >= 15 is 0 Å². The van der Waals surface area contributed by atoms with Crippen LogP contribution in [0.3, 0.4) is 0 Å². The summed E-state index contributed by atoms with van der Waals surface area (Å²) in [5, 5.41) is 9.96. The molecule has 0 aromatic carbocycles. The van der Waals surface area contributed by atoms with Crippen molar-refractivity contribution < 1.29 is 4.79 Å². The van der Waals surface area contributed by atoms with Gasteiger partial charge in [0.05, 0.1) is 23.0 Å². The molecular weight excluding hydrogens is 265 g/mol. The van der Waals surface area contributed by atoms with Crippen LogP contribution in [0.4, 0.5) is 5.95 Å². The SMILES string of the molecule is O=C(Nc1nccnn1)c1cnc(Cl)c(Cl)c1. The molecule has 1 N–H and O–H groups in total. The predicted molar refractivity (Wildman–Crippen MR) is 62.0 cm³/mol. The monoisotopic (exact) mass is 269 g/mol. The van der Waals surface area contributed by atoms with Gasteiger partial charge in [-0.15, -0.1) is 5.10 Å². The summed E-state index contributed by atoms with van der Waals surface area (Å²) in [6.07, 6.45) is 4.12. The van der Waals surface area contributed by atoms with E-state index < -0.39 is 5.91 Å². The number of carbonyl (C=O) groups is 1. The highest BCUT2D eigenvalue weighted by atomic mass is 35.5. The number of aromatic nitrogens is 4. The molecule has 0 saturated carbocycles. The number of halogens is 2. The second kappa shape index (κ2) is 5.03. The molecule has 2 rings (SSSR count). The molecule has 0 unspecified atom stereocenters. The minimum Gasteiger partial charge on any atom is -0.289 e. The number of pyridine rings is 1. The highest BCUT2D eigenvalue weighted by Gasteiger charge is 2.10. The van der Waals surface area contributed by atoms with Crippen molar-refractivity contribution in [3.8, 4) is 0 Å². The molecule has 0 fully saturated rings. The van der Waals surface area contributed by atoms with Crippen LogP contribution < -0.4 is 5.32 Å². The molecule has 0 bridgehead atoms. The van der Waals surface area contributed by atoms with Crippen LogP contribution in [-0.4, -0.2) is 26.1 Å². The van der Waals surface area contributed by atoms with E-state index in [1.165, 1.54) is 24.7 Å². The fraction of sp³-hybridized carbons (Fsp3) is 0. The maximum atomic E-state index is 11.7. The van der Waals surface area contributed by atoms with Gasteiger partial charge in [-0.3, -0.25) is 10.1 Å². The first kappa shape index (κ1) is 11.7. The largest absolute Gasteiger partial charge is 0.289 e. The molecule has 0 saturated heterocycles. The number of nitrogens with zero attached hydrogens (tertiary/aromatic N) is 4. The van der Waals surface area contributed by atoms with Gasteiger partial charge in [-0.1, -0.05) is 23.2 Å². The van der Waals surface area contributed by atoms with Gasteiger partial charge < -0.3 is 0 Å². The minimum absolute atomic E-state index is 0.101. The minimum atomic E-state index is -0.441. The van der Waals surface area contributed by atoms with Gasteiger partial charge in [-0.25, -0.2) is 9.97 Å². The topological polar surface area (TPSA) is 80.7 Å². The molecule has 0 aliphatic rings. The van der Waals surface area contributed by atoms with E-state index in [1.807, 2.05) is 0 Å². The van der Waals surface area contributed by atoms with Crippen LogP contribution in [0, 0.1) is 0 Å². The Morgan fingerprint density at radius 3 is 2.71 bits per heavy atom. The van der Waals surface area contributed by atoms with Crippen molar-refractivity contribution >= 4 is 35.1 Å². The van der Waals surface area contributed by atoms with E-state index in [2.05, 4.69) is 25.5 Å². The van der Waals surface area contributed by atoms with Crippen molar-refractivity contribution in [1.29, 1.82) is 0 Å². The molecule has 1 amide bonds. The molecule has 86 valence electrons. The van der Waals surface area contributed by atoms with Crippen molar-refractivity contribution in [2.75, 3.05) is 5.32 Å². The third-order valence-corrected chi connectivity index (χ3v) is 2.45. The first-order valence-electron chi connectivity index (χ1n) is 4.43. The molecule has 0 spiro atoms. The van der Waals surface area contributed by atoms with Gasteiger partial charge in [0, 0.05) is 6.20 Å². The van der Waals surface area contributed by atoms with Crippen LogP contribution in [0.2, 0.25) is 10.2 Å². The Hall–Kier alpha value is -1.79. The molecular formula is C9H5Cl2N5O. The van der Waals surface area contributed by atoms with Gasteiger partial charge in [-0.2, -0.15) is 5.10 Å². The van der Waals surface area contributed by atoms with E-state index in [0.717, 1.165) is 0 Å². The molecule has 0 aliphatic carbocycles. The molecule has 2 aromatic rings. The predicted octanol–water partition coefficient (Wildman–Crippen LogP) is 1.83. The van der Waals surface area contributed by atoms with Gasteiger partial charge in [0.15, 0.2) is 0 Å². The Bertz CT molecular complexity index is 548. The second-order valence-electron chi connectivity index (χ2n) is 2.92. The molecule has 17 heavy (non-hydrogen) atoms. The Morgan fingerprint density at radius 1 is 1.24 bits per heavy atom. The first-order valence-corrected chi connectivity index (χ1v) is 5.18. The number of carbonyl (C=O) groups excluding carboxylic acids is 1. The highest BCUT2D eigenvalue weighted by molar-refractivity contribution is 6.41. The Kier molecular flexibility index (Phi) is 3.46. The first-order chi connectivity index (χ1) is 8.16. The quantitative estimate of drug-likeness (QED) is 0.842. The number of rotatable bonds is 2. The van der Waals surface area contributed by atoms with E-state index in [4.69, 9.17) is 23.2 Å². The number of anilines is 1. The van der Waals surface area contributed by atoms with Gasteiger partial charge in [-0.05, 0) is 6.07 Å². The Balaban J connectivity index is 2.18. The zero-order chi connectivity index (χ0) is 12.3. The van der Waals surface area contributed by atoms with Crippen molar-refractivity contribution in [2.24, 2.45) is 0 Å². The summed E-state index contributed by atoms with van der Waals surface area (Å²) in [7, 11) is 0. The normalized spacial score (nSPS) is 10.0. The average molecular weight is 270 g/mol. The summed E-state index contributed by atoms with van der Waals surface area (Å²) in [5.41, 5.74) is 0.256. The smallest absolute Gasteiger partial charge is 0.259 e. The third-order valence-electron chi connectivity index (χ3n) is 1.77. The van der Waals surface area contributed by atoms with Crippen molar-refractivity contribution in [1.82, 2.24) is 20.2 Å². The molecule has 8 heteroatoms. The molecule has 2 heterocycles. The van der Waals surface area contributed by atoms with Crippen LogP contribution in [-0.2, 0) is 0 Å². The van der Waals surface area contributed by atoms with Crippen molar-refractivity contribution in [2.45, 2.75) is 0 Å². The van der Waals surface area contributed by atoms with Crippen LogP contribution in [0.25, 0.3) is 0 Å². The number of hydrogen-bond acceptors (Lipinski definition) is 5. The summed E-state index contributed by atoms with van der Waals surface area (Å²) in [6.45, 7) is 0. The fourth-order valence-corrected chi connectivity index (χ4v) is 1.29. The number of nitrogens with one attached hydrogen (secondary N) is 1. The summed E-state index contributed by atoms with van der Waals surface area (Å²) in [6, 6.07) is 1.41. The maximum absolute atomic E-state index is 11.7. The lowest BCUT2D eigenvalue weighted by molar-refractivity contribution is 0.102. The van der Waals surface area contributed by atoms with E-state index in [-0.39, 0.29) is 21.7 Å². The molecule has 0 aliphatic heterocycles. The maximum Gasteiger partial charge on any atom is 0.259 e. The zero-order valence-corrected chi connectivity index (χ0v) is 9.77. The average Bonchev–Trinajstić information content (AvgIpc) is 2.34. The van der Waals surface area contributed by atoms with E-state index in [9.17, 15) is 4.79 Å². The van der Waals surface area contributed by atoms with Gasteiger partial charge in [0.25, 0.3) is 5.91 Å². The molecule has 6 nitrogen and oxygen atoms in total. The summed E-state index contributed by atoms with van der Waals surface area (Å²) >= 11 is 11.4. The standard InChI is InChI=1S/C9H5Cl2N5O/c10-6-3-5(4-13-7(6)11)8(17)15-9-12-1-2-14-16-9/h1-4H,(H,12,15,16,17). The van der Waals surface area contributed by atoms with Gasteiger partial charge in [0.2, 0.25) is 5.95 Å². The van der Waals surface area contributed by atoms with Crippen LogP contribution >= 0.6 is 23.2 Å². The Labute approximate surface area is 106 Å². The Morgan fingerprint density at radius 2 is 2.06 bits per heavy atom. The van der Waals surface area contributed by atoms with Crippen LogP contribution in [0.5, 0.6) is 0 Å².